The molecule has 2 aliphatic heterocycles. The lowest BCUT2D eigenvalue weighted by atomic mass is 10.1. The molecule has 24 heavy (non-hydrogen) atoms. The van der Waals surface area contributed by atoms with Crippen LogP contribution in [0.4, 0.5) is 11.4 Å². The van der Waals surface area contributed by atoms with Crippen LogP contribution in [0.25, 0.3) is 0 Å². The first kappa shape index (κ1) is 15.1. The van der Waals surface area contributed by atoms with Gasteiger partial charge in [-0.15, -0.1) is 11.8 Å². The fourth-order valence-corrected chi connectivity index (χ4v) is 4.03. The second-order valence-corrected chi connectivity index (χ2v) is 7.11. The van der Waals surface area contributed by atoms with E-state index in [4.69, 9.17) is 4.74 Å². The molecule has 2 atom stereocenters. The van der Waals surface area contributed by atoms with Gasteiger partial charge >= 0.3 is 0 Å². The molecular weight excluding hydrogens is 324 g/mol. The van der Waals surface area contributed by atoms with E-state index in [-0.39, 0.29) is 17.1 Å². The summed E-state index contributed by atoms with van der Waals surface area (Å²) in [4.78, 5) is 25.4. The molecule has 0 fully saturated rings. The van der Waals surface area contributed by atoms with Gasteiger partial charge in [-0.25, -0.2) is 0 Å². The number of fused-ring (bicyclic) bond motifs is 2. The number of benzene rings is 2. The van der Waals surface area contributed by atoms with Gasteiger partial charge in [-0.1, -0.05) is 18.2 Å². The third-order valence-electron chi connectivity index (χ3n) is 4.12. The van der Waals surface area contributed by atoms with E-state index in [1.54, 1.807) is 36.9 Å². The average Bonchev–Trinajstić information content (AvgIpc) is 3.00. The summed E-state index contributed by atoms with van der Waals surface area (Å²) in [6.07, 6.45) is 0.223. The smallest absolute Gasteiger partial charge is 0.265 e. The van der Waals surface area contributed by atoms with Gasteiger partial charge in [0.2, 0.25) is 5.91 Å². The minimum Gasteiger partial charge on any atom is -0.479 e. The second-order valence-electron chi connectivity index (χ2n) is 5.87. The topological polar surface area (TPSA) is 67.4 Å². The standard InChI is InChI=1S/C18H16N2O3S/c1-10-17(21)20-13-9-12(6-7-14(13)23-10)19-18(22)16-8-11-4-2-3-5-15(11)24-16/h2-7,9-10,16H,8H2,1H3,(H,19,22)(H,20,21)/t10-,16-/m0/s1. The Kier molecular flexibility index (Phi) is 3.69. The number of nitrogens with one attached hydrogen (secondary N) is 2. The van der Waals surface area contributed by atoms with Crippen molar-refractivity contribution in [1.82, 2.24) is 0 Å². The lowest BCUT2D eigenvalue weighted by molar-refractivity contribution is -0.122. The van der Waals surface area contributed by atoms with Crippen molar-refractivity contribution in [1.29, 1.82) is 0 Å². The number of carbonyl (C=O) groups excluding carboxylic acids is 2. The van der Waals surface area contributed by atoms with Crippen molar-refractivity contribution in [2.24, 2.45) is 0 Å². The lowest BCUT2D eigenvalue weighted by Crippen LogP contribution is -2.34. The number of thioether (sulfide) groups is 1. The van der Waals surface area contributed by atoms with Crippen molar-refractivity contribution < 1.29 is 14.3 Å². The maximum atomic E-state index is 12.5. The van der Waals surface area contributed by atoms with E-state index in [0.717, 1.165) is 11.3 Å². The molecule has 5 nitrogen and oxygen atoms in total. The second kappa shape index (κ2) is 5.87. The predicted octanol–water partition coefficient (Wildman–Crippen LogP) is 3.06. The molecule has 2 amide bonds. The zero-order valence-corrected chi connectivity index (χ0v) is 13.9. The summed E-state index contributed by atoms with van der Waals surface area (Å²) in [6, 6.07) is 13.4. The van der Waals surface area contributed by atoms with Gasteiger partial charge < -0.3 is 15.4 Å². The van der Waals surface area contributed by atoms with Gasteiger partial charge in [0, 0.05) is 10.6 Å². The highest BCUT2D eigenvalue weighted by atomic mass is 32.2. The SMILES string of the molecule is C[C@@H]1Oc2ccc(NC(=O)[C@@H]3Cc4ccccc4S3)cc2NC1=O. The minimum atomic E-state index is -0.508. The maximum Gasteiger partial charge on any atom is 0.265 e. The molecule has 2 N–H and O–H groups in total. The Hall–Kier alpha value is -2.47. The summed E-state index contributed by atoms with van der Waals surface area (Å²) >= 11 is 1.59. The Morgan fingerprint density at radius 1 is 1.29 bits per heavy atom. The Balaban J connectivity index is 1.48. The lowest BCUT2D eigenvalue weighted by Gasteiger charge is -2.23. The van der Waals surface area contributed by atoms with Gasteiger partial charge in [0.1, 0.15) is 5.75 Å². The Morgan fingerprint density at radius 2 is 2.12 bits per heavy atom. The molecule has 0 bridgehead atoms. The van der Waals surface area contributed by atoms with Crippen LogP contribution in [0.5, 0.6) is 5.75 Å². The summed E-state index contributed by atoms with van der Waals surface area (Å²) < 4.78 is 5.52. The van der Waals surface area contributed by atoms with Gasteiger partial charge in [0.25, 0.3) is 5.91 Å². The van der Waals surface area contributed by atoms with Crippen LogP contribution in [-0.4, -0.2) is 23.2 Å². The molecule has 0 unspecified atom stereocenters. The van der Waals surface area contributed by atoms with Crippen molar-refractivity contribution in [3.8, 4) is 5.75 Å². The number of ether oxygens (including phenoxy) is 1. The predicted molar refractivity (Wildman–Crippen MR) is 93.6 cm³/mol. The number of rotatable bonds is 2. The number of hydrogen-bond donors (Lipinski definition) is 2. The third kappa shape index (κ3) is 2.73. The molecule has 2 aromatic carbocycles. The fraction of sp³-hybridized carbons (Fsp3) is 0.222. The van der Waals surface area contributed by atoms with Crippen molar-refractivity contribution in [2.75, 3.05) is 10.6 Å². The quantitative estimate of drug-likeness (QED) is 0.882. The van der Waals surface area contributed by atoms with Gasteiger partial charge in [0.05, 0.1) is 10.9 Å². The van der Waals surface area contributed by atoms with Crippen LogP contribution in [-0.2, 0) is 16.0 Å². The average molecular weight is 340 g/mol. The Bertz CT molecular complexity index is 812. The summed E-state index contributed by atoms with van der Waals surface area (Å²) in [5, 5.41) is 5.58. The molecule has 122 valence electrons. The van der Waals surface area contributed by atoms with Crippen molar-refractivity contribution in [3.63, 3.8) is 0 Å². The van der Waals surface area contributed by atoms with Crippen molar-refractivity contribution >= 4 is 35.0 Å². The molecule has 0 spiro atoms. The van der Waals surface area contributed by atoms with E-state index >= 15 is 0 Å². The van der Waals surface area contributed by atoms with Gasteiger partial charge in [0.15, 0.2) is 6.10 Å². The largest absolute Gasteiger partial charge is 0.479 e. The van der Waals surface area contributed by atoms with Gasteiger partial charge in [-0.2, -0.15) is 0 Å². The Labute approximate surface area is 143 Å². The monoisotopic (exact) mass is 340 g/mol. The molecule has 0 aliphatic carbocycles. The zero-order chi connectivity index (χ0) is 16.7. The molecule has 0 radical (unpaired) electrons. The first-order valence-corrected chi connectivity index (χ1v) is 8.65. The summed E-state index contributed by atoms with van der Waals surface area (Å²) in [6.45, 7) is 1.70. The molecular formula is C18H16N2O3S. The van der Waals surface area contributed by atoms with Crippen LogP contribution in [0.15, 0.2) is 47.4 Å². The van der Waals surface area contributed by atoms with E-state index < -0.39 is 6.10 Å². The Morgan fingerprint density at radius 3 is 2.96 bits per heavy atom. The molecule has 6 heteroatoms. The minimum absolute atomic E-state index is 0.0347. The van der Waals surface area contributed by atoms with E-state index in [1.165, 1.54) is 5.56 Å². The fourth-order valence-electron chi connectivity index (χ4n) is 2.84. The van der Waals surface area contributed by atoms with Gasteiger partial charge in [-0.3, -0.25) is 9.59 Å². The summed E-state index contributed by atoms with van der Waals surface area (Å²) in [5.41, 5.74) is 2.44. The molecule has 0 saturated carbocycles. The number of anilines is 2. The van der Waals surface area contributed by atoms with Crippen LogP contribution >= 0.6 is 11.8 Å². The summed E-state index contributed by atoms with van der Waals surface area (Å²) in [7, 11) is 0. The molecule has 2 aliphatic rings. The van der Waals surface area contributed by atoms with E-state index in [1.807, 2.05) is 18.2 Å². The van der Waals surface area contributed by atoms with Crippen LogP contribution in [0.2, 0.25) is 0 Å². The normalized spacial score (nSPS) is 21.3. The number of carbonyl (C=O) groups is 2. The van der Waals surface area contributed by atoms with Crippen LogP contribution < -0.4 is 15.4 Å². The highest BCUT2D eigenvalue weighted by Gasteiger charge is 2.28. The van der Waals surface area contributed by atoms with Crippen LogP contribution in [0.1, 0.15) is 12.5 Å². The molecule has 2 heterocycles. The van der Waals surface area contributed by atoms with Crippen molar-refractivity contribution in [2.45, 2.75) is 29.6 Å². The highest BCUT2D eigenvalue weighted by molar-refractivity contribution is 8.01. The van der Waals surface area contributed by atoms with Crippen LogP contribution in [0.3, 0.4) is 0 Å². The van der Waals surface area contributed by atoms with E-state index in [9.17, 15) is 9.59 Å². The molecule has 2 aromatic rings. The van der Waals surface area contributed by atoms with Crippen LogP contribution in [0, 0.1) is 0 Å². The first-order valence-electron chi connectivity index (χ1n) is 7.77. The number of hydrogen-bond acceptors (Lipinski definition) is 4. The molecule has 4 rings (SSSR count). The van der Waals surface area contributed by atoms with E-state index in [0.29, 0.717) is 17.1 Å². The highest BCUT2D eigenvalue weighted by Crippen LogP contribution is 2.38. The molecule has 0 saturated heterocycles. The zero-order valence-electron chi connectivity index (χ0n) is 13.0. The third-order valence-corrected chi connectivity index (χ3v) is 5.43. The summed E-state index contributed by atoms with van der Waals surface area (Å²) in [5.74, 6) is 0.392. The van der Waals surface area contributed by atoms with E-state index in [2.05, 4.69) is 16.7 Å². The van der Waals surface area contributed by atoms with Crippen molar-refractivity contribution in [3.05, 3.63) is 48.0 Å². The maximum absolute atomic E-state index is 12.5. The molecule has 0 aromatic heterocycles. The first-order chi connectivity index (χ1) is 11.6. The van der Waals surface area contributed by atoms with Gasteiger partial charge in [-0.05, 0) is 43.2 Å². The number of amides is 2.